The fourth-order valence-electron chi connectivity index (χ4n) is 1.95. The lowest BCUT2D eigenvalue weighted by molar-refractivity contribution is -0.142. The van der Waals surface area contributed by atoms with Crippen molar-refractivity contribution >= 4 is 37.6 Å². The van der Waals surface area contributed by atoms with E-state index in [0.717, 1.165) is 4.47 Å². The van der Waals surface area contributed by atoms with Gasteiger partial charge in [-0.15, -0.1) is 0 Å². The molecule has 1 N–H and O–H groups in total. The van der Waals surface area contributed by atoms with Crippen molar-refractivity contribution in [2.45, 2.75) is 18.2 Å². The number of nitrogens with one attached hydrogen (secondary N) is 1. The average Bonchev–Trinajstić information content (AvgIpc) is 2.47. The van der Waals surface area contributed by atoms with Crippen LogP contribution in [-0.2, 0) is 26.0 Å². The predicted octanol–water partition coefficient (Wildman–Crippen LogP) is 3.36. The van der Waals surface area contributed by atoms with Gasteiger partial charge in [0.05, 0.1) is 17.9 Å². The van der Waals surface area contributed by atoms with Gasteiger partial charge in [0.2, 0.25) is 0 Å². The van der Waals surface area contributed by atoms with Gasteiger partial charge in [-0.05, 0) is 48.9 Å². The van der Waals surface area contributed by atoms with Crippen molar-refractivity contribution in [2.24, 2.45) is 0 Å². The first-order valence-electron chi connectivity index (χ1n) is 6.93. The number of sulfonamides is 1. The van der Waals surface area contributed by atoms with Crippen LogP contribution in [-0.4, -0.2) is 21.0 Å². The number of rotatable bonds is 6. The van der Waals surface area contributed by atoms with E-state index >= 15 is 0 Å². The van der Waals surface area contributed by atoms with E-state index in [1.165, 1.54) is 12.1 Å². The Balaban J connectivity index is 2.16. The number of carbonyl (C=O) groups is 1. The summed E-state index contributed by atoms with van der Waals surface area (Å²) < 4.78 is 32.9. The Morgan fingerprint density at radius 2 is 1.87 bits per heavy atom. The van der Waals surface area contributed by atoms with Gasteiger partial charge in [-0.25, -0.2) is 8.42 Å². The summed E-state index contributed by atoms with van der Waals surface area (Å²) in [5, 5.41) is 0. The topological polar surface area (TPSA) is 72.5 Å². The van der Waals surface area contributed by atoms with E-state index in [4.69, 9.17) is 4.74 Å². The van der Waals surface area contributed by atoms with Gasteiger partial charge >= 0.3 is 5.97 Å². The highest BCUT2D eigenvalue weighted by molar-refractivity contribution is 9.10. The van der Waals surface area contributed by atoms with Crippen molar-refractivity contribution in [1.82, 2.24) is 0 Å². The average molecular weight is 398 g/mol. The van der Waals surface area contributed by atoms with Crippen molar-refractivity contribution in [1.29, 1.82) is 0 Å². The van der Waals surface area contributed by atoms with Crippen molar-refractivity contribution in [3.63, 3.8) is 0 Å². The molecule has 0 radical (unpaired) electrons. The van der Waals surface area contributed by atoms with Crippen LogP contribution >= 0.6 is 15.9 Å². The van der Waals surface area contributed by atoms with Gasteiger partial charge in [-0.3, -0.25) is 9.52 Å². The third kappa shape index (κ3) is 5.07. The van der Waals surface area contributed by atoms with Gasteiger partial charge in [0.15, 0.2) is 0 Å². The van der Waals surface area contributed by atoms with Crippen LogP contribution < -0.4 is 4.72 Å². The molecule has 0 atom stereocenters. The standard InChI is InChI=1S/C16H16BrNO4S/c1-2-22-16(19)11-12-4-3-5-14(10-12)18-23(20,21)15-8-6-13(17)7-9-15/h3-10,18H,2,11H2,1H3. The second kappa shape index (κ2) is 7.61. The van der Waals surface area contributed by atoms with Crippen molar-refractivity contribution < 1.29 is 17.9 Å². The molecule has 5 nitrogen and oxygen atoms in total. The van der Waals surface area contributed by atoms with E-state index in [-0.39, 0.29) is 17.3 Å². The Labute approximate surface area is 143 Å². The molecule has 0 spiro atoms. The summed E-state index contributed by atoms with van der Waals surface area (Å²) in [5.41, 5.74) is 1.08. The summed E-state index contributed by atoms with van der Waals surface area (Å²) in [7, 11) is -3.67. The third-order valence-electron chi connectivity index (χ3n) is 2.96. The van der Waals surface area contributed by atoms with Crippen LogP contribution in [0.3, 0.4) is 0 Å². The highest BCUT2D eigenvalue weighted by atomic mass is 79.9. The van der Waals surface area contributed by atoms with Gasteiger partial charge in [-0.1, -0.05) is 28.1 Å². The van der Waals surface area contributed by atoms with E-state index in [0.29, 0.717) is 17.9 Å². The lowest BCUT2D eigenvalue weighted by Crippen LogP contribution is -2.13. The Bertz CT molecular complexity index is 788. The Hall–Kier alpha value is -1.86. The highest BCUT2D eigenvalue weighted by Gasteiger charge is 2.14. The lowest BCUT2D eigenvalue weighted by Gasteiger charge is -2.09. The van der Waals surface area contributed by atoms with Crippen LogP contribution in [0.2, 0.25) is 0 Å². The van der Waals surface area contributed by atoms with E-state index in [2.05, 4.69) is 20.7 Å². The summed E-state index contributed by atoms with van der Waals surface area (Å²) in [6.45, 7) is 2.05. The molecule has 0 bridgehead atoms. The van der Waals surface area contributed by atoms with E-state index in [1.807, 2.05) is 0 Å². The molecule has 2 rings (SSSR count). The number of hydrogen-bond acceptors (Lipinski definition) is 4. The van der Waals surface area contributed by atoms with Crippen LogP contribution in [0.1, 0.15) is 12.5 Å². The molecule has 122 valence electrons. The molecule has 0 aliphatic rings. The molecule has 0 aliphatic carbocycles. The lowest BCUT2D eigenvalue weighted by atomic mass is 10.1. The maximum Gasteiger partial charge on any atom is 0.310 e. The Morgan fingerprint density at radius 3 is 2.52 bits per heavy atom. The largest absolute Gasteiger partial charge is 0.466 e. The summed E-state index contributed by atoms with van der Waals surface area (Å²) in [5.74, 6) is -0.347. The summed E-state index contributed by atoms with van der Waals surface area (Å²) in [6.07, 6.45) is 0.0989. The molecule has 0 heterocycles. The molecule has 0 unspecified atom stereocenters. The third-order valence-corrected chi connectivity index (χ3v) is 4.88. The number of ether oxygens (including phenoxy) is 1. The molecule has 0 amide bonds. The van der Waals surface area contributed by atoms with E-state index in [1.54, 1.807) is 43.3 Å². The molecule has 23 heavy (non-hydrogen) atoms. The SMILES string of the molecule is CCOC(=O)Cc1cccc(NS(=O)(=O)c2ccc(Br)cc2)c1. The minimum Gasteiger partial charge on any atom is -0.466 e. The van der Waals surface area contributed by atoms with Gasteiger partial charge in [0, 0.05) is 10.2 Å². The van der Waals surface area contributed by atoms with Crippen LogP contribution in [0, 0.1) is 0 Å². The molecule has 2 aromatic rings. The van der Waals surface area contributed by atoms with E-state index in [9.17, 15) is 13.2 Å². The van der Waals surface area contributed by atoms with Crippen LogP contribution in [0.15, 0.2) is 57.9 Å². The fraction of sp³-hybridized carbons (Fsp3) is 0.188. The minimum absolute atomic E-state index is 0.0989. The summed E-state index contributed by atoms with van der Waals surface area (Å²) >= 11 is 3.27. The van der Waals surface area contributed by atoms with Gasteiger partial charge in [-0.2, -0.15) is 0 Å². The maximum atomic E-state index is 12.3. The van der Waals surface area contributed by atoms with Gasteiger partial charge < -0.3 is 4.74 Å². The molecular weight excluding hydrogens is 382 g/mol. The zero-order chi connectivity index (χ0) is 16.9. The van der Waals surface area contributed by atoms with Crippen LogP contribution in [0.4, 0.5) is 5.69 Å². The quantitative estimate of drug-likeness (QED) is 0.758. The zero-order valence-corrected chi connectivity index (χ0v) is 14.9. The second-order valence-corrected chi connectivity index (χ2v) is 7.34. The number of hydrogen-bond donors (Lipinski definition) is 1. The Morgan fingerprint density at radius 1 is 1.17 bits per heavy atom. The first-order chi connectivity index (χ1) is 10.9. The zero-order valence-electron chi connectivity index (χ0n) is 12.5. The van der Waals surface area contributed by atoms with Crippen LogP contribution in [0.25, 0.3) is 0 Å². The molecule has 2 aromatic carbocycles. The number of anilines is 1. The molecule has 0 aromatic heterocycles. The van der Waals surface area contributed by atoms with Crippen LogP contribution in [0.5, 0.6) is 0 Å². The van der Waals surface area contributed by atoms with Crippen molar-refractivity contribution in [3.05, 3.63) is 58.6 Å². The van der Waals surface area contributed by atoms with E-state index < -0.39 is 10.0 Å². The first-order valence-corrected chi connectivity index (χ1v) is 9.21. The maximum absolute atomic E-state index is 12.3. The smallest absolute Gasteiger partial charge is 0.310 e. The fourth-order valence-corrected chi connectivity index (χ4v) is 3.27. The monoisotopic (exact) mass is 397 g/mol. The molecular formula is C16H16BrNO4S. The molecule has 0 saturated carbocycles. The number of halogens is 1. The van der Waals surface area contributed by atoms with Crippen molar-refractivity contribution in [2.75, 3.05) is 11.3 Å². The predicted molar refractivity (Wildman–Crippen MR) is 91.7 cm³/mol. The normalized spacial score (nSPS) is 11.0. The number of benzene rings is 2. The summed E-state index contributed by atoms with van der Waals surface area (Å²) in [6, 6.07) is 13.0. The first kappa shape index (κ1) is 17.5. The number of esters is 1. The second-order valence-electron chi connectivity index (χ2n) is 4.74. The highest BCUT2D eigenvalue weighted by Crippen LogP contribution is 2.19. The van der Waals surface area contributed by atoms with Crippen molar-refractivity contribution in [3.8, 4) is 0 Å². The number of carbonyl (C=O) groups excluding carboxylic acids is 1. The minimum atomic E-state index is -3.67. The molecule has 0 fully saturated rings. The molecule has 7 heteroatoms. The van der Waals surface area contributed by atoms with Gasteiger partial charge in [0.1, 0.15) is 0 Å². The molecule has 0 aliphatic heterocycles. The Kier molecular flexibility index (Phi) is 5.79. The summed E-state index contributed by atoms with van der Waals surface area (Å²) in [4.78, 5) is 11.7. The molecule has 0 saturated heterocycles. The van der Waals surface area contributed by atoms with Gasteiger partial charge in [0.25, 0.3) is 10.0 Å².